The monoisotopic (exact) mass is 374 g/mol. The largest absolute Gasteiger partial charge is 0.288 e. The third-order valence-electron chi connectivity index (χ3n) is 4.16. The molecule has 0 heterocycles. The van der Waals surface area contributed by atoms with Crippen LogP contribution in [0.25, 0.3) is 6.08 Å². The van der Waals surface area contributed by atoms with Crippen LogP contribution >= 0.6 is 0 Å². The van der Waals surface area contributed by atoms with E-state index >= 15 is 0 Å². The molecule has 0 atom stereocenters. The Morgan fingerprint density at radius 2 is 1.77 bits per heavy atom. The minimum Gasteiger partial charge on any atom is -0.288 e. The van der Waals surface area contributed by atoms with Crippen molar-refractivity contribution in [2.24, 2.45) is 0 Å². The molecule has 0 radical (unpaired) electrons. The minimum atomic E-state index is -3.69. The van der Waals surface area contributed by atoms with Crippen LogP contribution in [0.3, 0.4) is 0 Å². The van der Waals surface area contributed by atoms with Crippen LogP contribution in [0.2, 0.25) is 0 Å². The zero-order valence-electron chi connectivity index (χ0n) is 14.9. The predicted octanol–water partition coefficient (Wildman–Crippen LogP) is 2.61. The molecule has 0 spiro atoms. The topological polar surface area (TPSA) is 95.5 Å². The number of aryl methyl sites for hydroxylation is 2. The van der Waals surface area contributed by atoms with E-state index < -0.39 is 15.9 Å². The van der Waals surface area contributed by atoms with Gasteiger partial charge in [-0.05, 0) is 66.8 Å². The van der Waals surface area contributed by atoms with Crippen LogP contribution in [0, 0.1) is 20.8 Å². The zero-order valence-corrected chi connectivity index (χ0v) is 15.7. The maximum absolute atomic E-state index is 12.5. The van der Waals surface area contributed by atoms with Crippen LogP contribution in [-0.4, -0.2) is 19.5 Å². The minimum absolute atomic E-state index is 0.101. The molecule has 0 aromatic heterocycles. The van der Waals surface area contributed by atoms with Crippen LogP contribution in [0.5, 0.6) is 0 Å². The third kappa shape index (κ3) is 5.01. The second-order valence-electron chi connectivity index (χ2n) is 6.06. The van der Waals surface area contributed by atoms with Gasteiger partial charge >= 0.3 is 0 Å². The summed E-state index contributed by atoms with van der Waals surface area (Å²) in [4.78, 5) is 11.1. The number of carbonyl (C=O) groups is 1. The first-order chi connectivity index (χ1) is 12.2. The molecular weight excluding hydrogens is 352 g/mol. The summed E-state index contributed by atoms with van der Waals surface area (Å²) in [7, 11) is -3.69. The molecule has 7 heteroatoms. The molecule has 26 heavy (non-hydrogen) atoms. The summed E-state index contributed by atoms with van der Waals surface area (Å²) in [6.07, 6.45) is 2.52. The molecule has 0 fully saturated rings. The summed E-state index contributed by atoms with van der Waals surface area (Å²) in [6.45, 7) is 6.23. The number of benzene rings is 2. The fourth-order valence-corrected chi connectivity index (χ4v) is 3.56. The SMILES string of the molecule is Cc1cc(CNS(=O)(=O)c2cccc(/C=C/C(=O)NO)c2)cc(C)c1C. The molecule has 138 valence electrons. The van der Waals surface area contributed by atoms with Gasteiger partial charge in [0.25, 0.3) is 5.91 Å². The lowest BCUT2D eigenvalue weighted by atomic mass is 10.0. The summed E-state index contributed by atoms with van der Waals surface area (Å²) < 4.78 is 27.7. The number of hydrogen-bond donors (Lipinski definition) is 3. The Hall–Kier alpha value is -2.48. The Kier molecular flexibility index (Phi) is 6.31. The third-order valence-corrected chi connectivity index (χ3v) is 5.56. The van der Waals surface area contributed by atoms with Crippen molar-refractivity contribution in [3.63, 3.8) is 0 Å². The highest BCUT2D eigenvalue weighted by atomic mass is 32.2. The fraction of sp³-hybridized carbons (Fsp3) is 0.211. The molecule has 2 rings (SSSR count). The number of rotatable bonds is 6. The molecule has 1 amide bonds. The molecule has 0 aliphatic heterocycles. The first-order valence-electron chi connectivity index (χ1n) is 8.01. The lowest BCUT2D eigenvalue weighted by Crippen LogP contribution is -2.23. The molecule has 0 bridgehead atoms. The average molecular weight is 374 g/mol. The molecule has 2 aromatic rings. The van der Waals surface area contributed by atoms with Gasteiger partial charge in [0.1, 0.15) is 0 Å². The van der Waals surface area contributed by atoms with E-state index in [1.165, 1.54) is 29.3 Å². The van der Waals surface area contributed by atoms with Gasteiger partial charge in [0, 0.05) is 12.6 Å². The molecule has 0 aliphatic rings. The van der Waals surface area contributed by atoms with Gasteiger partial charge in [-0.3, -0.25) is 10.0 Å². The second kappa shape index (κ2) is 8.27. The van der Waals surface area contributed by atoms with Crippen molar-refractivity contribution in [2.45, 2.75) is 32.2 Å². The Morgan fingerprint density at radius 1 is 1.12 bits per heavy atom. The smallest absolute Gasteiger partial charge is 0.267 e. The van der Waals surface area contributed by atoms with Crippen molar-refractivity contribution >= 4 is 22.0 Å². The summed E-state index contributed by atoms with van der Waals surface area (Å²) in [5, 5.41) is 8.47. The average Bonchev–Trinajstić information content (AvgIpc) is 2.62. The Labute approximate surface area is 153 Å². The van der Waals surface area contributed by atoms with Crippen molar-refractivity contribution < 1.29 is 18.4 Å². The highest BCUT2D eigenvalue weighted by Crippen LogP contribution is 2.17. The molecule has 6 nitrogen and oxygen atoms in total. The van der Waals surface area contributed by atoms with Crippen molar-refractivity contribution in [3.05, 3.63) is 70.3 Å². The highest BCUT2D eigenvalue weighted by molar-refractivity contribution is 7.89. The van der Waals surface area contributed by atoms with Crippen molar-refractivity contribution in [3.8, 4) is 0 Å². The second-order valence-corrected chi connectivity index (χ2v) is 7.83. The van der Waals surface area contributed by atoms with E-state index in [0.717, 1.165) is 22.8 Å². The number of amides is 1. The Morgan fingerprint density at radius 3 is 2.38 bits per heavy atom. The lowest BCUT2D eigenvalue weighted by Gasteiger charge is -2.11. The summed E-state index contributed by atoms with van der Waals surface area (Å²) >= 11 is 0. The van der Waals surface area contributed by atoms with E-state index in [4.69, 9.17) is 5.21 Å². The summed E-state index contributed by atoms with van der Waals surface area (Å²) in [5.41, 5.74) is 6.33. The number of sulfonamides is 1. The van der Waals surface area contributed by atoms with Crippen LogP contribution < -0.4 is 10.2 Å². The van der Waals surface area contributed by atoms with E-state index in [-0.39, 0.29) is 11.4 Å². The molecule has 0 saturated carbocycles. The van der Waals surface area contributed by atoms with Crippen molar-refractivity contribution in [1.29, 1.82) is 0 Å². The van der Waals surface area contributed by atoms with Crippen molar-refractivity contribution in [1.82, 2.24) is 10.2 Å². The first kappa shape index (κ1) is 19.8. The van der Waals surface area contributed by atoms with Crippen LogP contribution in [0.4, 0.5) is 0 Å². The number of nitrogens with one attached hydrogen (secondary N) is 2. The zero-order chi connectivity index (χ0) is 19.3. The molecule has 0 unspecified atom stereocenters. The summed E-state index contributed by atoms with van der Waals surface area (Å²) in [6, 6.07) is 10.1. The number of carbonyl (C=O) groups excluding carboxylic acids is 1. The Bertz CT molecular complexity index is 927. The predicted molar refractivity (Wildman–Crippen MR) is 100 cm³/mol. The van der Waals surface area contributed by atoms with Gasteiger partial charge in [-0.15, -0.1) is 0 Å². The first-order valence-corrected chi connectivity index (χ1v) is 9.50. The molecule has 3 N–H and O–H groups in total. The van der Waals surface area contributed by atoms with E-state index in [1.807, 2.05) is 32.9 Å². The molecule has 0 aliphatic carbocycles. The van der Waals surface area contributed by atoms with Crippen LogP contribution in [0.15, 0.2) is 47.4 Å². The van der Waals surface area contributed by atoms with Gasteiger partial charge in [0.15, 0.2) is 0 Å². The van der Waals surface area contributed by atoms with Gasteiger partial charge in [-0.2, -0.15) is 0 Å². The normalized spacial score (nSPS) is 11.7. The standard InChI is InChI=1S/C19H22N2O4S/c1-13-9-17(10-14(2)15(13)3)12-20-26(24,25)18-6-4-5-16(11-18)7-8-19(22)21-23/h4-11,20,23H,12H2,1-3H3,(H,21,22)/b8-7+. The highest BCUT2D eigenvalue weighted by Gasteiger charge is 2.14. The number of hydrogen-bond acceptors (Lipinski definition) is 4. The van der Waals surface area contributed by atoms with Gasteiger partial charge in [0.05, 0.1) is 4.90 Å². The fourth-order valence-electron chi connectivity index (χ4n) is 2.48. The van der Waals surface area contributed by atoms with Crippen LogP contribution in [0.1, 0.15) is 27.8 Å². The van der Waals surface area contributed by atoms with Crippen molar-refractivity contribution in [2.75, 3.05) is 0 Å². The molecule has 0 saturated heterocycles. The van der Waals surface area contributed by atoms with Gasteiger partial charge < -0.3 is 0 Å². The van der Waals surface area contributed by atoms with Crippen LogP contribution in [-0.2, 0) is 21.4 Å². The van der Waals surface area contributed by atoms with E-state index in [2.05, 4.69) is 4.72 Å². The molecular formula is C19H22N2O4S. The van der Waals surface area contributed by atoms with Gasteiger partial charge in [-0.1, -0.05) is 24.3 Å². The maximum Gasteiger partial charge on any atom is 0.267 e. The van der Waals surface area contributed by atoms with Gasteiger partial charge in [-0.25, -0.2) is 18.6 Å². The van der Waals surface area contributed by atoms with E-state index in [0.29, 0.717) is 5.56 Å². The number of hydroxylamine groups is 1. The summed E-state index contributed by atoms with van der Waals surface area (Å²) in [5.74, 6) is -0.693. The van der Waals surface area contributed by atoms with Gasteiger partial charge in [0.2, 0.25) is 10.0 Å². The molecule has 2 aromatic carbocycles. The quantitative estimate of drug-likeness (QED) is 0.411. The van der Waals surface area contributed by atoms with E-state index in [1.54, 1.807) is 12.1 Å². The lowest BCUT2D eigenvalue weighted by molar-refractivity contribution is -0.124. The maximum atomic E-state index is 12.5. The van der Waals surface area contributed by atoms with E-state index in [9.17, 15) is 13.2 Å². The Balaban J connectivity index is 2.17.